The van der Waals surface area contributed by atoms with Crippen molar-refractivity contribution in [3.63, 3.8) is 0 Å². The van der Waals surface area contributed by atoms with Crippen LogP contribution < -0.4 is 23.8 Å². The summed E-state index contributed by atoms with van der Waals surface area (Å²) in [6.07, 6.45) is 0. The molecule has 5 aromatic carbocycles. The number of aromatic nitrogens is 1. The summed E-state index contributed by atoms with van der Waals surface area (Å²) in [5.74, 6) is 2.95. The lowest BCUT2D eigenvalue weighted by molar-refractivity contribution is 0.323. The second-order valence-electron chi connectivity index (χ2n) is 16.2. The molecule has 6 nitrogen and oxygen atoms in total. The number of hydrogen-bond acceptors (Lipinski definition) is 6. The van der Waals surface area contributed by atoms with Gasteiger partial charge in [-0.1, -0.05) is 77.9 Å². The van der Waals surface area contributed by atoms with Crippen LogP contribution in [0.2, 0.25) is 0 Å². The fraction of sp³-hybridized carbons (Fsp3) is 0.314. The summed E-state index contributed by atoms with van der Waals surface area (Å²) in [6, 6.07) is 42.9. The Balaban J connectivity index is 1.49. The van der Waals surface area contributed by atoms with Gasteiger partial charge in [0.25, 0.3) is 0 Å². The van der Waals surface area contributed by atoms with E-state index < -0.39 is 0 Å². The lowest BCUT2D eigenvalue weighted by Gasteiger charge is -2.28. The van der Waals surface area contributed by atoms with Crippen molar-refractivity contribution >= 4 is 17.1 Å². The van der Waals surface area contributed by atoms with E-state index >= 15 is 0 Å². The van der Waals surface area contributed by atoms with E-state index in [4.69, 9.17) is 23.9 Å². The van der Waals surface area contributed by atoms with E-state index in [1.807, 2.05) is 64.1 Å². The van der Waals surface area contributed by atoms with Crippen molar-refractivity contribution in [2.24, 2.45) is 0 Å². The summed E-state index contributed by atoms with van der Waals surface area (Å²) in [7, 11) is 0. The maximum absolute atomic E-state index is 6.19. The van der Waals surface area contributed by atoms with E-state index in [1.54, 1.807) is 0 Å². The number of pyridine rings is 1. The summed E-state index contributed by atoms with van der Waals surface area (Å²) in [5, 5.41) is 0. The third kappa shape index (κ3) is 9.62. The molecule has 0 radical (unpaired) electrons. The van der Waals surface area contributed by atoms with Gasteiger partial charge >= 0.3 is 0 Å². The fourth-order valence-corrected chi connectivity index (χ4v) is 6.94. The van der Waals surface area contributed by atoms with E-state index in [2.05, 4.69) is 131 Å². The van der Waals surface area contributed by atoms with Crippen LogP contribution in [0.3, 0.4) is 0 Å². The summed E-state index contributed by atoms with van der Waals surface area (Å²) in [6.45, 7) is 23.6. The smallest absolute Gasteiger partial charge is 0.132 e. The van der Waals surface area contributed by atoms with Gasteiger partial charge < -0.3 is 23.8 Å². The van der Waals surface area contributed by atoms with Gasteiger partial charge in [0, 0.05) is 40.3 Å². The molecule has 1 aromatic heterocycles. The Morgan fingerprint density at radius 2 is 0.789 bits per heavy atom. The van der Waals surface area contributed by atoms with Crippen LogP contribution in [0.25, 0.3) is 33.6 Å². The van der Waals surface area contributed by atoms with Crippen LogP contribution in [0, 0.1) is 0 Å². The number of ether oxygens (including phenoxy) is 4. The topological polar surface area (TPSA) is 53.1 Å². The SMILES string of the molecule is CCOc1ccc(-c2cc(-c3ccc(N(c4ccc(C(C)(C)C)cc4)c4ccc(C(C)(C)C)cc4)cc3)cc(-c3ccc(OCC)cc3OCC)n2)c(OCC)c1. The van der Waals surface area contributed by atoms with Crippen molar-refractivity contribution in [3.8, 4) is 56.6 Å². The Labute approximate surface area is 340 Å². The minimum Gasteiger partial charge on any atom is -0.494 e. The maximum Gasteiger partial charge on any atom is 0.132 e. The minimum atomic E-state index is 0.0606. The van der Waals surface area contributed by atoms with Crippen LogP contribution in [0.4, 0.5) is 17.1 Å². The highest BCUT2D eigenvalue weighted by atomic mass is 16.5. The molecule has 0 fully saturated rings. The Morgan fingerprint density at radius 3 is 1.14 bits per heavy atom. The summed E-state index contributed by atoms with van der Waals surface area (Å²) in [5.41, 5.74) is 11.4. The van der Waals surface area contributed by atoms with Gasteiger partial charge in [-0.25, -0.2) is 4.98 Å². The van der Waals surface area contributed by atoms with Gasteiger partial charge in [0.1, 0.15) is 23.0 Å². The first-order chi connectivity index (χ1) is 27.3. The molecule has 6 heteroatoms. The molecule has 0 aliphatic carbocycles. The number of rotatable bonds is 14. The van der Waals surface area contributed by atoms with Gasteiger partial charge in [0.05, 0.1) is 37.8 Å². The Kier molecular flexibility index (Phi) is 12.6. The van der Waals surface area contributed by atoms with Crippen LogP contribution in [0.1, 0.15) is 80.4 Å². The highest BCUT2D eigenvalue weighted by Crippen LogP contribution is 2.41. The van der Waals surface area contributed by atoms with E-state index in [0.717, 1.165) is 73.7 Å². The highest BCUT2D eigenvalue weighted by Gasteiger charge is 2.20. The molecule has 0 N–H and O–H groups in total. The zero-order chi connectivity index (χ0) is 40.7. The average molecular weight is 763 g/mol. The minimum absolute atomic E-state index is 0.0606. The van der Waals surface area contributed by atoms with Crippen molar-refractivity contribution in [2.75, 3.05) is 31.3 Å². The fourth-order valence-electron chi connectivity index (χ4n) is 6.94. The molecular weight excluding hydrogens is 705 g/mol. The highest BCUT2D eigenvalue weighted by molar-refractivity contribution is 5.83. The van der Waals surface area contributed by atoms with E-state index in [-0.39, 0.29) is 10.8 Å². The van der Waals surface area contributed by atoms with Crippen molar-refractivity contribution in [1.82, 2.24) is 4.98 Å². The molecule has 57 heavy (non-hydrogen) atoms. The van der Waals surface area contributed by atoms with Gasteiger partial charge in [-0.05, 0) is 134 Å². The predicted molar refractivity (Wildman–Crippen MR) is 237 cm³/mol. The number of hydrogen-bond donors (Lipinski definition) is 0. The maximum atomic E-state index is 6.19. The second kappa shape index (κ2) is 17.6. The van der Waals surface area contributed by atoms with Crippen molar-refractivity contribution < 1.29 is 18.9 Å². The summed E-state index contributed by atoms with van der Waals surface area (Å²) >= 11 is 0. The summed E-state index contributed by atoms with van der Waals surface area (Å²) in [4.78, 5) is 7.59. The van der Waals surface area contributed by atoms with Crippen LogP contribution in [-0.4, -0.2) is 31.4 Å². The van der Waals surface area contributed by atoms with Gasteiger partial charge in [0.15, 0.2) is 0 Å². The molecule has 0 saturated heterocycles. The number of nitrogens with zero attached hydrogens (tertiary/aromatic N) is 2. The quantitative estimate of drug-likeness (QED) is 0.110. The molecule has 0 spiro atoms. The normalized spacial score (nSPS) is 11.6. The molecule has 1 heterocycles. The van der Waals surface area contributed by atoms with Crippen molar-refractivity contribution in [1.29, 1.82) is 0 Å². The van der Waals surface area contributed by atoms with E-state index in [9.17, 15) is 0 Å². The Bertz CT molecular complexity index is 2110. The number of anilines is 3. The van der Waals surface area contributed by atoms with Crippen LogP contribution in [0.5, 0.6) is 23.0 Å². The predicted octanol–water partition coefficient (Wildman–Crippen LogP) is 13.7. The first-order valence-electron chi connectivity index (χ1n) is 20.3. The summed E-state index contributed by atoms with van der Waals surface area (Å²) < 4.78 is 24.1. The van der Waals surface area contributed by atoms with E-state index in [1.165, 1.54) is 11.1 Å². The average Bonchev–Trinajstić information content (AvgIpc) is 3.19. The molecule has 0 saturated carbocycles. The van der Waals surface area contributed by atoms with Gasteiger partial charge in [-0.3, -0.25) is 0 Å². The molecule has 6 aromatic rings. The number of benzene rings is 5. The van der Waals surface area contributed by atoms with E-state index in [0.29, 0.717) is 26.4 Å². The molecule has 0 aliphatic heterocycles. The van der Waals surface area contributed by atoms with Gasteiger partial charge in [-0.2, -0.15) is 0 Å². The largest absolute Gasteiger partial charge is 0.494 e. The van der Waals surface area contributed by atoms with Crippen LogP contribution in [0.15, 0.2) is 121 Å². The Hall–Kier alpha value is -5.75. The molecule has 0 amide bonds. The molecular formula is C51H58N2O4. The third-order valence-electron chi connectivity index (χ3n) is 9.95. The van der Waals surface area contributed by atoms with Crippen molar-refractivity contribution in [3.05, 3.63) is 132 Å². The second-order valence-corrected chi connectivity index (χ2v) is 16.2. The third-order valence-corrected chi connectivity index (χ3v) is 9.95. The zero-order valence-electron chi connectivity index (χ0n) is 35.4. The molecule has 0 atom stereocenters. The molecule has 0 unspecified atom stereocenters. The lowest BCUT2D eigenvalue weighted by Crippen LogP contribution is -2.14. The lowest BCUT2D eigenvalue weighted by atomic mass is 9.86. The standard InChI is InChI=1S/C51H58N2O4/c1-11-54-42-27-29-44(48(33-42)56-13-3)46-31-36(32-47(52-46)45-30-28-43(55-12-2)34-49(45)57-14-4)35-15-21-39(22-16-35)53(40-23-17-37(18-24-40)50(5,6)7)41-25-19-38(20-26-41)51(8,9)10/h15-34H,11-14H2,1-10H3. The van der Waals surface area contributed by atoms with Crippen LogP contribution in [-0.2, 0) is 10.8 Å². The van der Waals surface area contributed by atoms with Gasteiger partial charge in [-0.15, -0.1) is 0 Å². The molecule has 296 valence electrons. The Morgan fingerprint density at radius 1 is 0.421 bits per heavy atom. The van der Waals surface area contributed by atoms with Gasteiger partial charge in [0.2, 0.25) is 0 Å². The first-order valence-corrected chi connectivity index (χ1v) is 20.3. The molecule has 6 rings (SSSR count). The van der Waals surface area contributed by atoms with Crippen molar-refractivity contribution in [2.45, 2.75) is 80.1 Å². The first kappa shape index (κ1) is 40.9. The zero-order valence-corrected chi connectivity index (χ0v) is 35.4. The monoisotopic (exact) mass is 762 g/mol. The van der Waals surface area contributed by atoms with Crippen LogP contribution >= 0.6 is 0 Å². The molecule has 0 bridgehead atoms. The molecule has 0 aliphatic rings.